The third-order valence-electron chi connectivity index (χ3n) is 22.4. The molecule has 10 aromatic carbocycles. The zero-order valence-electron chi connectivity index (χ0n) is 63.3. The fourth-order valence-electron chi connectivity index (χ4n) is 16.4. The van der Waals surface area contributed by atoms with Crippen molar-refractivity contribution in [3.63, 3.8) is 0 Å². The van der Waals surface area contributed by atoms with E-state index in [4.69, 9.17) is 9.97 Å². The molecule has 0 saturated carbocycles. The van der Waals surface area contributed by atoms with Crippen molar-refractivity contribution in [2.24, 2.45) is 0 Å². The maximum Gasteiger partial charge on any atom is 0.115 e. The molecule has 20 rings (SSSR count). The van der Waals surface area contributed by atoms with Crippen LogP contribution in [0, 0.1) is 0 Å². The zero-order valence-corrected chi connectivity index (χ0v) is 63.3. The van der Waals surface area contributed by atoms with Crippen LogP contribution in [-0.2, 0) is 10.8 Å². The molecule has 2 aliphatic rings. The van der Waals surface area contributed by atoms with Crippen LogP contribution in [0.4, 0.5) is 0 Å². The van der Waals surface area contributed by atoms with E-state index in [0.717, 1.165) is 140 Å². The molecule has 0 radical (unpaired) electrons. The number of fused-ring (bicyclic) bond motifs is 6. The highest BCUT2D eigenvalue weighted by molar-refractivity contribution is 5.91. The molecule has 0 aliphatic heterocycles. The van der Waals surface area contributed by atoms with Gasteiger partial charge in [0.2, 0.25) is 0 Å². The van der Waals surface area contributed by atoms with Gasteiger partial charge in [-0.2, -0.15) is 0 Å². The summed E-state index contributed by atoms with van der Waals surface area (Å²) in [4.78, 5) is 44.7. The van der Waals surface area contributed by atoms with Gasteiger partial charge in [0.1, 0.15) is 12.7 Å². The van der Waals surface area contributed by atoms with Gasteiger partial charge in [0, 0.05) is 141 Å². The molecule has 8 heterocycles. The molecule has 0 unspecified atom stereocenters. The number of rotatable bonds is 14. The second-order valence-electron chi connectivity index (χ2n) is 30.3. The van der Waals surface area contributed by atoms with Crippen LogP contribution in [0.5, 0.6) is 0 Å². The first kappa shape index (κ1) is 69.7. The van der Waals surface area contributed by atoms with Gasteiger partial charge in [-0.15, -0.1) is 0 Å². The van der Waals surface area contributed by atoms with Crippen molar-refractivity contribution in [1.82, 2.24) is 49.8 Å². The first-order chi connectivity index (χ1) is 55.9. The van der Waals surface area contributed by atoms with Gasteiger partial charge in [0.25, 0.3) is 0 Å². The Morgan fingerprint density at radius 3 is 0.781 bits per heavy atom. The maximum absolute atomic E-state index is 5.01. The fraction of sp³-hybridized carbons (Fsp3) is 0.0577. The van der Waals surface area contributed by atoms with E-state index in [1.54, 1.807) is 37.2 Å². The molecule has 540 valence electrons. The molecule has 8 aromatic heterocycles. The number of benzene rings is 10. The van der Waals surface area contributed by atoms with Crippen LogP contribution in [0.3, 0.4) is 0 Å². The summed E-state index contributed by atoms with van der Waals surface area (Å²) in [5, 5.41) is 0. The largest absolute Gasteiger partial charge is 0.264 e. The summed E-state index contributed by atoms with van der Waals surface area (Å²) in [5.41, 5.74) is 40.1. The van der Waals surface area contributed by atoms with Crippen molar-refractivity contribution >= 4 is 0 Å². The summed E-state index contributed by atoms with van der Waals surface area (Å²) in [6.45, 7) is 9.36. The molecule has 0 amide bonds. The molecule has 18 aromatic rings. The fourth-order valence-corrected chi connectivity index (χ4v) is 16.4. The monoisotopic (exact) mass is 1460 g/mol. The SMILES string of the molecule is CC1(C)c2ccccc2-c2ccc(-c3cc(-c4cccc(-c5cccc(-c6cncnc6)n5)c4)cc(-c4cccc(-c5cccc(-c6cncnc6)n5)c4)c3)cc21.CC1(C)c2ccccc2-c2ccc(-c3cc(-c4cccc(-c5cncc(-c6cccnc6)c5)c4)cc(-c4cccc(-c5cncc(-c6cccnc6)c5)c4)c3)cc21. The molecule has 10 nitrogen and oxygen atoms in total. The van der Waals surface area contributed by atoms with E-state index in [9.17, 15) is 0 Å². The third kappa shape index (κ3) is 13.6. The molecule has 2 aliphatic carbocycles. The lowest BCUT2D eigenvalue weighted by molar-refractivity contribution is 0.660. The predicted octanol–water partition coefficient (Wildman–Crippen LogP) is 25.3. The molecule has 0 spiro atoms. The summed E-state index contributed by atoms with van der Waals surface area (Å²) in [6, 6.07) is 105. The number of hydrogen-bond acceptors (Lipinski definition) is 10. The van der Waals surface area contributed by atoms with Gasteiger partial charge in [-0.1, -0.05) is 198 Å². The van der Waals surface area contributed by atoms with E-state index in [1.165, 1.54) is 73.9 Å². The Kier molecular flexibility index (Phi) is 18.1. The van der Waals surface area contributed by atoms with Crippen LogP contribution in [-0.4, -0.2) is 49.8 Å². The molecule has 0 bridgehead atoms. The van der Waals surface area contributed by atoms with E-state index in [2.05, 4.69) is 322 Å². The van der Waals surface area contributed by atoms with Crippen LogP contribution in [0.25, 0.3) is 179 Å². The van der Waals surface area contributed by atoms with Crippen molar-refractivity contribution < 1.29 is 0 Å². The van der Waals surface area contributed by atoms with Crippen molar-refractivity contribution in [3.05, 3.63) is 400 Å². The normalized spacial score (nSPS) is 12.5. The molecule has 0 fully saturated rings. The second-order valence-corrected chi connectivity index (χ2v) is 30.3. The highest BCUT2D eigenvalue weighted by Gasteiger charge is 2.37. The number of pyridine rings is 6. The van der Waals surface area contributed by atoms with Crippen molar-refractivity contribution in [3.8, 4) is 179 Å². The third-order valence-corrected chi connectivity index (χ3v) is 22.4. The van der Waals surface area contributed by atoms with Crippen molar-refractivity contribution in [1.29, 1.82) is 0 Å². The smallest absolute Gasteiger partial charge is 0.115 e. The summed E-state index contributed by atoms with van der Waals surface area (Å²) in [7, 11) is 0. The van der Waals surface area contributed by atoms with Gasteiger partial charge in [0.15, 0.2) is 0 Å². The maximum atomic E-state index is 5.01. The highest BCUT2D eigenvalue weighted by Crippen LogP contribution is 2.52. The Balaban J connectivity index is 0.000000153. The Morgan fingerprint density at radius 2 is 0.421 bits per heavy atom. The van der Waals surface area contributed by atoms with Gasteiger partial charge in [-0.3, -0.25) is 19.9 Å². The molecular formula is C104H74N10. The van der Waals surface area contributed by atoms with E-state index in [-0.39, 0.29) is 10.8 Å². The minimum absolute atomic E-state index is 0.0954. The highest BCUT2D eigenvalue weighted by atomic mass is 14.8. The Morgan fingerprint density at radius 1 is 0.167 bits per heavy atom. The van der Waals surface area contributed by atoms with Crippen LogP contribution in [0.1, 0.15) is 49.9 Å². The predicted molar refractivity (Wildman–Crippen MR) is 462 cm³/mol. The molecule has 0 N–H and O–H groups in total. The summed E-state index contributed by atoms with van der Waals surface area (Å²) in [6.07, 6.45) is 25.3. The lowest BCUT2D eigenvalue weighted by Crippen LogP contribution is -2.14. The molecule has 0 saturated heterocycles. The molecule has 10 heteroatoms. The lowest BCUT2D eigenvalue weighted by Gasteiger charge is -2.22. The van der Waals surface area contributed by atoms with Crippen LogP contribution in [0.15, 0.2) is 378 Å². The second kappa shape index (κ2) is 29.6. The van der Waals surface area contributed by atoms with Crippen molar-refractivity contribution in [2.45, 2.75) is 38.5 Å². The van der Waals surface area contributed by atoms with Crippen LogP contribution < -0.4 is 0 Å². The molecule has 0 atom stereocenters. The summed E-state index contributed by atoms with van der Waals surface area (Å²) >= 11 is 0. The van der Waals surface area contributed by atoms with Gasteiger partial charge in [-0.25, -0.2) is 29.9 Å². The first-order valence-corrected chi connectivity index (χ1v) is 38.3. The number of nitrogens with zero attached hydrogens (tertiary/aromatic N) is 10. The molecular weight excluding hydrogens is 1390 g/mol. The minimum atomic E-state index is -0.105. The van der Waals surface area contributed by atoms with E-state index < -0.39 is 0 Å². The Labute approximate surface area is 663 Å². The zero-order chi connectivity index (χ0) is 76.7. The van der Waals surface area contributed by atoms with Gasteiger partial charge in [0.05, 0.1) is 22.8 Å². The lowest BCUT2D eigenvalue weighted by atomic mass is 9.81. The minimum Gasteiger partial charge on any atom is -0.264 e. The van der Waals surface area contributed by atoms with Crippen molar-refractivity contribution in [2.75, 3.05) is 0 Å². The first-order valence-electron chi connectivity index (χ1n) is 38.3. The standard InChI is InChI=1S/C53H38N4.C51H36N6/c1-53(2)51-16-4-3-15-49(51)50-18-17-39(28-52(50)53)44-24-42(35-9-5-11-37(21-35)45-26-47(33-56-31-45)40-13-7-19-54-29-40)23-43(25-44)36-10-6-12-38(22-36)46-27-48(34-57-32-46)41-14-8-20-55-30-41;1-51(2)45-14-4-3-13-43(45)44-20-19-35(26-46(44)51)40-24-38(33-9-5-11-36(21-33)47-15-7-17-49(56-47)41-27-52-31-53-28-41)23-39(25-40)34-10-6-12-37(22-34)48-16-8-18-50(57-48)42-29-54-32-55-30-42/h3-34H,1-2H3;3-32H,1-2H3. The van der Waals surface area contributed by atoms with E-state index in [1.807, 2.05) is 73.6 Å². The summed E-state index contributed by atoms with van der Waals surface area (Å²) < 4.78 is 0. The van der Waals surface area contributed by atoms with Gasteiger partial charge >= 0.3 is 0 Å². The Hall–Kier alpha value is -14.7. The van der Waals surface area contributed by atoms with Crippen LogP contribution >= 0.6 is 0 Å². The van der Waals surface area contributed by atoms with E-state index >= 15 is 0 Å². The molecule has 114 heavy (non-hydrogen) atoms. The average Bonchev–Trinajstić information content (AvgIpc) is 1.59. The van der Waals surface area contributed by atoms with Gasteiger partial charge in [-0.05, 0) is 244 Å². The average molecular weight is 1460 g/mol. The summed E-state index contributed by atoms with van der Waals surface area (Å²) in [5.74, 6) is 0. The van der Waals surface area contributed by atoms with Gasteiger partial charge < -0.3 is 0 Å². The quantitative estimate of drug-likeness (QED) is 0.104. The Bertz CT molecular complexity index is 5990. The van der Waals surface area contributed by atoms with Crippen LogP contribution in [0.2, 0.25) is 0 Å². The number of hydrogen-bond donors (Lipinski definition) is 0. The number of aromatic nitrogens is 10. The topological polar surface area (TPSA) is 129 Å². The van der Waals surface area contributed by atoms with E-state index in [0.29, 0.717) is 0 Å².